The van der Waals surface area contributed by atoms with E-state index in [1.165, 1.54) is 0 Å². The molecule has 1 rings (SSSR count). The van der Waals surface area contributed by atoms with E-state index in [1.54, 1.807) is 13.2 Å². The van der Waals surface area contributed by atoms with Gasteiger partial charge in [0.15, 0.2) is 0 Å². The SMILES string of the molecule is CCc1nc(NN)cc(NCCOC)n1. The van der Waals surface area contributed by atoms with Crippen LogP contribution in [0.3, 0.4) is 0 Å². The fraction of sp³-hybridized carbons (Fsp3) is 0.556. The molecule has 6 nitrogen and oxygen atoms in total. The van der Waals surface area contributed by atoms with E-state index in [0.29, 0.717) is 19.0 Å². The van der Waals surface area contributed by atoms with Gasteiger partial charge in [-0.25, -0.2) is 15.8 Å². The quantitative estimate of drug-likeness (QED) is 0.358. The van der Waals surface area contributed by atoms with Crippen LogP contribution in [0.1, 0.15) is 12.7 Å². The van der Waals surface area contributed by atoms with Crippen molar-refractivity contribution < 1.29 is 4.74 Å². The van der Waals surface area contributed by atoms with E-state index in [2.05, 4.69) is 20.7 Å². The van der Waals surface area contributed by atoms with Gasteiger partial charge in [0.1, 0.15) is 17.5 Å². The molecule has 0 aliphatic heterocycles. The molecule has 0 radical (unpaired) electrons. The zero-order valence-electron chi connectivity index (χ0n) is 9.08. The highest BCUT2D eigenvalue weighted by atomic mass is 16.5. The molecule has 0 aromatic carbocycles. The van der Waals surface area contributed by atoms with Crippen LogP contribution in [0.2, 0.25) is 0 Å². The Bertz CT molecular complexity index is 282. The molecule has 1 aromatic heterocycles. The number of hydrazine groups is 1. The lowest BCUT2D eigenvalue weighted by atomic mass is 10.4. The van der Waals surface area contributed by atoms with E-state index in [4.69, 9.17) is 10.6 Å². The summed E-state index contributed by atoms with van der Waals surface area (Å²) in [6, 6.07) is 1.76. The second kappa shape index (κ2) is 6.15. The maximum absolute atomic E-state index is 5.30. The summed E-state index contributed by atoms with van der Waals surface area (Å²) in [5, 5.41) is 3.12. The van der Waals surface area contributed by atoms with E-state index in [-0.39, 0.29) is 0 Å². The minimum atomic E-state index is 0.613. The molecule has 6 heteroatoms. The van der Waals surface area contributed by atoms with Crippen molar-refractivity contribution in [1.29, 1.82) is 0 Å². The number of ether oxygens (including phenoxy) is 1. The topological polar surface area (TPSA) is 85.1 Å². The van der Waals surface area contributed by atoms with Crippen LogP contribution < -0.4 is 16.6 Å². The van der Waals surface area contributed by atoms with Gasteiger partial charge in [-0.15, -0.1) is 0 Å². The number of nitrogens with one attached hydrogen (secondary N) is 2. The van der Waals surface area contributed by atoms with Crippen molar-refractivity contribution in [2.45, 2.75) is 13.3 Å². The minimum Gasteiger partial charge on any atom is -0.383 e. The summed E-state index contributed by atoms with van der Waals surface area (Å²) >= 11 is 0. The zero-order chi connectivity index (χ0) is 11.1. The monoisotopic (exact) mass is 211 g/mol. The van der Waals surface area contributed by atoms with Gasteiger partial charge in [0.2, 0.25) is 0 Å². The standard InChI is InChI=1S/C9H17N5O/c1-3-7-12-8(11-4-5-15-2)6-9(13-7)14-10/h6H,3-5,10H2,1-2H3,(H2,11,12,13,14). The first-order valence-corrected chi connectivity index (χ1v) is 4.87. The number of methoxy groups -OCH3 is 1. The van der Waals surface area contributed by atoms with Crippen LogP contribution in [-0.2, 0) is 11.2 Å². The van der Waals surface area contributed by atoms with Crippen LogP contribution in [0.25, 0.3) is 0 Å². The van der Waals surface area contributed by atoms with Crippen molar-refractivity contribution >= 4 is 11.6 Å². The molecule has 0 fully saturated rings. The normalized spacial score (nSPS) is 10.1. The molecule has 0 aliphatic rings. The zero-order valence-corrected chi connectivity index (χ0v) is 9.08. The molecule has 0 saturated heterocycles. The molecule has 4 N–H and O–H groups in total. The van der Waals surface area contributed by atoms with Crippen molar-refractivity contribution in [3.05, 3.63) is 11.9 Å². The number of nitrogens with two attached hydrogens (primary N) is 1. The Morgan fingerprint density at radius 1 is 1.40 bits per heavy atom. The summed E-state index contributed by atoms with van der Waals surface area (Å²) in [4.78, 5) is 8.48. The van der Waals surface area contributed by atoms with Gasteiger partial charge in [0.05, 0.1) is 6.61 Å². The summed E-state index contributed by atoms with van der Waals surface area (Å²) in [7, 11) is 1.66. The molecular formula is C9H17N5O. The minimum absolute atomic E-state index is 0.613. The molecule has 0 unspecified atom stereocenters. The molecule has 0 spiro atoms. The molecular weight excluding hydrogens is 194 g/mol. The first kappa shape index (κ1) is 11.7. The molecule has 15 heavy (non-hydrogen) atoms. The number of hydrogen-bond acceptors (Lipinski definition) is 6. The van der Waals surface area contributed by atoms with E-state index in [9.17, 15) is 0 Å². The van der Waals surface area contributed by atoms with Gasteiger partial charge in [-0.3, -0.25) is 0 Å². The predicted molar refractivity (Wildman–Crippen MR) is 59.6 cm³/mol. The number of hydrogen-bond donors (Lipinski definition) is 3. The van der Waals surface area contributed by atoms with E-state index >= 15 is 0 Å². The fourth-order valence-electron chi connectivity index (χ4n) is 1.10. The Labute approximate surface area is 89.2 Å². The number of rotatable bonds is 6. The Morgan fingerprint density at radius 3 is 2.73 bits per heavy atom. The molecule has 0 bridgehead atoms. The highest BCUT2D eigenvalue weighted by molar-refractivity contribution is 5.46. The van der Waals surface area contributed by atoms with E-state index in [0.717, 1.165) is 18.1 Å². The fourth-order valence-corrected chi connectivity index (χ4v) is 1.10. The number of aryl methyl sites for hydroxylation is 1. The summed E-state index contributed by atoms with van der Waals surface area (Å²) in [6.45, 7) is 3.34. The third kappa shape index (κ3) is 3.69. The molecule has 1 aromatic rings. The second-order valence-electron chi connectivity index (χ2n) is 2.97. The Balaban J connectivity index is 2.68. The third-order valence-corrected chi connectivity index (χ3v) is 1.85. The number of nitrogen functional groups attached to an aromatic ring is 1. The molecule has 0 saturated carbocycles. The van der Waals surface area contributed by atoms with Crippen molar-refractivity contribution in [1.82, 2.24) is 9.97 Å². The lowest BCUT2D eigenvalue weighted by molar-refractivity contribution is 0.210. The van der Waals surface area contributed by atoms with Gasteiger partial charge in [-0.2, -0.15) is 0 Å². The highest BCUT2D eigenvalue weighted by Crippen LogP contribution is 2.10. The lowest BCUT2D eigenvalue weighted by Crippen LogP contribution is -2.14. The molecule has 0 aliphatic carbocycles. The van der Waals surface area contributed by atoms with Gasteiger partial charge >= 0.3 is 0 Å². The summed E-state index contributed by atoms with van der Waals surface area (Å²) in [5.74, 6) is 7.43. The van der Waals surface area contributed by atoms with Gasteiger partial charge in [-0.1, -0.05) is 6.92 Å². The molecule has 0 atom stereocenters. The third-order valence-electron chi connectivity index (χ3n) is 1.85. The van der Waals surface area contributed by atoms with Gasteiger partial charge in [-0.05, 0) is 0 Å². The first-order valence-electron chi connectivity index (χ1n) is 4.87. The van der Waals surface area contributed by atoms with Gasteiger partial charge < -0.3 is 15.5 Å². The van der Waals surface area contributed by atoms with Crippen LogP contribution in [0.5, 0.6) is 0 Å². The Morgan fingerprint density at radius 2 is 2.13 bits per heavy atom. The predicted octanol–water partition coefficient (Wildman–Crippen LogP) is 0.383. The van der Waals surface area contributed by atoms with Crippen LogP contribution in [0.4, 0.5) is 11.6 Å². The van der Waals surface area contributed by atoms with Crippen LogP contribution in [0.15, 0.2) is 6.07 Å². The molecule has 0 amide bonds. The van der Waals surface area contributed by atoms with Gasteiger partial charge in [0, 0.05) is 26.1 Å². The van der Waals surface area contributed by atoms with E-state index < -0.39 is 0 Å². The average Bonchev–Trinajstić information content (AvgIpc) is 2.29. The Kier molecular flexibility index (Phi) is 4.79. The largest absolute Gasteiger partial charge is 0.383 e. The van der Waals surface area contributed by atoms with Gasteiger partial charge in [0.25, 0.3) is 0 Å². The maximum Gasteiger partial charge on any atom is 0.145 e. The maximum atomic E-state index is 5.30. The molecule has 1 heterocycles. The van der Waals surface area contributed by atoms with Crippen molar-refractivity contribution in [2.24, 2.45) is 5.84 Å². The summed E-state index contributed by atoms with van der Waals surface area (Å²) < 4.78 is 4.93. The van der Waals surface area contributed by atoms with E-state index in [1.807, 2.05) is 6.92 Å². The van der Waals surface area contributed by atoms with Crippen molar-refractivity contribution in [3.63, 3.8) is 0 Å². The molecule has 84 valence electrons. The number of nitrogens with zero attached hydrogens (tertiary/aromatic N) is 2. The second-order valence-corrected chi connectivity index (χ2v) is 2.97. The first-order chi connectivity index (χ1) is 7.30. The van der Waals surface area contributed by atoms with Crippen LogP contribution in [0, 0.1) is 0 Å². The van der Waals surface area contributed by atoms with Crippen LogP contribution >= 0.6 is 0 Å². The lowest BCUT2D eigenvalue weighted by Gasteiger charge is -2.08. The summed E-state index contributed by atoms with van der Waals surface area (Å²) in [5.41, 5.74) is 2.51. The number of aromatic nitrogens is 2. The summed E-state index contributed by atoms with van der Waals surface area (Å²) in [6.07, 6.45) is 0.772. The van der Waals surface area contributed by atoms with Crippen molar-refractivity contribution in [2.75, 3.05) is 31.0 Å². The van der Waals surface area contributed by atoms with Crippen LogP contribution in [-0.4, -0.2) is 30.2 Å². The smallest absolute Gasteiger partial charge is 0.145 e. The number of anilines is 2. The average molecular weight is 211 g/mol. The Hall–Kier alpha value is -1.40. The highest BCUT2D eigenvalue weighted by Gasteiger charge is 2.01. The van der Waals surface area contributed by atoms with Crippen molar-refractivity contribution in [3.8, 4) is 0 Å².